The number of allylic oxidation sites excluding steroid dienone is 1. The summed E-state index contributed by atoms with van der Waals surface area (Å²) in [4.78, 5) is 7.71. The predicted octanol–water partition coefficient (Wildman–Crippen LogP) is 3.16. The molecule has 0 aliphatic heterocycles. The van der Waals surface area contributed by atoms with Crippen molar-refractivity contribution in [2.75, 3.05) is 11.9 Å². The van der Waals surface area contributed by atoms with Gasteiger partial charge in [-0.1, -0.05) is 23.8 Å². The molecule has 0 aromatic carbocycles. The number of rotatable bonds is 4. The van der Waals surface area contributed by atoms with E-state index in [0.29, 0.717) is 11.0 Å². The Labute approximate surface area is 93.2 Å². The summed E-state index contributed by atoms with van der Waals surface area (Å²) in [7, 11) is 0. The first-order chi connectivity index (χ1) is 6.72. The first kappa shape index (κ1) is 11.3. The van der Waals surface area contributed by atoms with Crippen LogP contribution in [0, 0.1) is 0 Å². The smallest absolute Gasteiger partial charge is 0.225 e. The fourth-order valence-electron chi connectivity index (χ4n) is 0.931. The van der Waals surface area contributed by atoms with Gasteiger partial charge in [0.05, 0.1) is 0 Å². The summed E-state index contributed by atoms with van der Waals surface area (Å²) in [6.07, 6.45) is 5.01. The van der Waals surface area contributed by atoms with Crippen molar-refractivity contribution in [1.29, 1.82) is 0 Å². The summed E-state index contributed by atoms with van der Waals surface area (Å²) in [5, 5.41) is 3.59. The van der Waals surface area contributed by atoms with Gasteiger partial charge < -0.3 is 5.32 Å². The highest BCUT2D eigenvalue weighted by Gasteiger charge is 1.99. The first-order valence-corrected chi connectivity index (χ1v) is 5.03. The molecule has 14 heavy (non-hydrogen) atoms. The van der Waals surface area contributed by atoms with Crippen molar-refractivity contribution in [3.05, 3.63) is 28.7 Å². The molecule has 0 saturated heterocycles. The van der Waals surface area contributed by atoms with E-state index in [-0.39, 0.29) is 5.28 Å². The van der Waals surface area contributed by atoms with Crippen molar-refractivity contribution in [1.82, 2.24) is 9.97 Å². The van der Waals surface area contributed by atoms with Crippen LogP contribution in [0.4, 0.5) is 5.82 Å². The molecular weight excluding hydrogens is 221 g/mol. The molecule has 0 atom stereocenters. The van der Waals surface area contributed by atoms with Crippen molar-refractivity contribution in [3.63, 3.8) is 0 Å². The Morgan fingerprint density at radius 1 is 1.43 bits per heavy atom. The van der Waals surface area contributed by atoms with Crippen LogP contribution in [0.25, 0.3) is 0 Å². The molecule has 3 nitrogen and oxygen atoms in total. The first-order valence-electron chi connectivity index (χ1n) is 4.27. The second-order valence-electron chi connectivity index (χ2n) is 2.63. The third-order valence-corrected chi connectivity index (χ3v) is 1.88. The van der Waals surface area contributed by atoms with Crippen molar-refractivity contribution >= 4 is 29.0 Å². The summed E-state index contributed by atoms with van der Waals surface area (Å²) in [5.74, 6) is 0.652. The van der Waals surface area contributed by atoms with E-state index in [1.54, 1.807) is 6.07 Å². The van der Waals surface area contributed by atoms with Crippen molar-refractivity contribution < 1.29 is 0 Å². The highest BCUT2D eigenvalue weighted by Crippen LogP contribution is 2.13. The number of nitrogens with one attached hydrogen (secondary N) is 1. The van der Waals surface area contributed by atoms with E-state index in [1.807, 2.05) is 13.0 Å². The van der Waals surface area contributed by atoms with Gasteiger partial charge in [-0.25, -0.2) is 9.97 Å². The Balaban J connectivity index is 2.50. The number of hydrogen-bond donors (Lipinski definition) is 1. The van der Waals surface area contributed by atoms with Gasteiger partial charge in [-0.15, -0.1) is 0 Å². The minimum Gasteiger partial charge on any atom is -0.370 e. The maximum Gasteiger partial charge on any atom is 0.225 e. The van der Waals surface area contributed by atoms with Gasteiger partial charge in [0.25, 0.3) is 0 Å². The van der Waals surface area contributed by atoms with E-state index in [9.17, 15) is 0 Å². The van der Waals surface area contributed by atoms with Crippen molar-refractivity contribution in [2.24, 2.45) is 0 Å². The minimum absolute atomic E-state index is 0.158. The number of aromatic nitrogens is 2. The molecule has 1 rings (SSSR count). The number of hydrogen-bond acceptors (Lipinski definition) is 3. The maximum absolute atomic E-state index is 5.70. The lowest BCUT2D eigenvalue weighted by atomic mass is 10.4. The molecule has 0 unspecified atom stereocenters. The topological polar surface area (TPSA) is 37.8 Å². The molecule has 1 aromatic rings. The van der Waals surface area contributed by atoms with Crippen molar-refractivity contribution in [3.8, 4) is 0 Å². The van der Waals surface area contributed by atoms with E-state index in [0.717, 1.165) is 13.0 Å². The lowest BCUT2D eigenvalue weighted by molar-refractivity contribution is 1.03. The Bertz CT molecular complexity index is 306. The van der Waals surface area contributed by atoms with Gasteiger partial charge >= 0.3 is 0 Å². The predicted molar refractivity (Wildman–Crippen MR) is 60.0 cm³/mol. The van der Waals surface area contributed by atoms with Crippen LogP contribution in [0.1, 0.15) is 13.3 Å². The molecule has 0 saturated carbocycles. The van der Waals surface area contributed by atoms with Crippen LogP contribution in [0.3, 0.4) is 0 Å². The van der Waals surface area contributed by atoms with E-state index >= 15 is 0 Å². The molecule has 0 fully saturated rings. The maximum atomic E-state index is 5.70. The molecule has 0 aliphatic rings. The lowest BCUT2D eigenvalue weighted by Crippen LogP contribution is -2.02. The van der Waals surface area contributed by atoms with Crippen molar-refractivity contribution in [2.45, 2.75) is 13.3 Å². The molecule has 0 spiro atoms. The largest absolute Gasteiger partial charge is 0.370 e. The normalized spacial score (nSPS) is 10.8. The van der Waals surface area contributed by atoms with Crippen LogP contribution in [0.2, 0.25) is 10.4 Å². The molecule has 1 N–H and O–H groups in total. The van der Waals surface area contributed by atoms with Crippen LogP contribution in [0.15, 0.2) is 18.2 Å². The van der Waals surface area contributed by atoms with Gasteiger partial charge in [0, 0.05) is 12.6 Å². The average molecular weight is 232 g/mol. The molecular formula is C9H11Cl2N3. The third kappa shape index (κ3) is 3.94. The molecule has 1 aromatic heterocycles. The average Bonchev–Trinajstić information content (AvgIpc) is 2.11. The number of nitrogens with zero attached hydrogens (tertiary/aromatic N) is 2. The summed E-state index contributed by atoms with van der Waals surface area (Å²) in [5.41, 5.74) is 0. The Morgan fingerprint density at radius 2 is 2.21 bits per heavy atom. The summed E-state index contributed by atoms with van der Waals surface area (Å²) < 4.78 is 0. The van der Waals surface area contributed by atoms with Crippen LogP contribution in [-0.4, -0.2) is 16.5 Å². The Morgan fingerprint density at radius 3 is 2.86 bits per heavy atom. The van der Waals surface area contributed by atoms with Gasteiger partial charge in [-0.05, 0) is 24.9 Å². The summed E-state index contributed by atoms with van der Waals surface area (Å²) in [6, 6.07) is 1.64. The fourth-order valence-corrected chi connectivity index (χ4v) is 1.34. The molecule has 5 heteroatoms. The van der Waals surface area contributed by atoms with E-state index in [4.69, 9.17) is 23.2 Å². The van der Waals surface area contributed by atoms with Gasteiger partial charge in [-0.2, -0.15) is 0 Å². The summed E-state index contributed by atoms with van der Waals surface area (Å²) >= 11 is 11.3. The summed E-state index contributed by atoms with van der Waals surface area (Å²) in [6.45, 7) is 2.78. The fraction of sp³-hybridized carbons (Fsp3) is 0.333. The highest BCUT2D eigenvalue weighted by atomic mass is 35.5. The highest BCUT2D eigenvalue weighted by molar-refractivity contribution is 6.32. The third-order valence-electron chi connectivity index (χ3n) is 1.52. The van der Waals surface area contributed by atoms with Crippen LogP contribution in [-0.2, 0) is 0 Å². The van der Waals surface area contributed by atoms with Crippen LogP contribution < -0.4 is 5.32 Å². The SMILES string of the molecule is C/C=C/CCNc1cc(Cl)nc(Cl)n1. The lowest BCUT2D eigenvalue weighted by Gasteiger charge is -2.03. The zero-order valence-electron chi connectivity index (χ0n) is 7.80. The Hall–Kier alpha value is -0.800. The molecule has 0 amide bonds. The number of anilines is 1. The minimum atomic E-state index is 0.158. The zero-order chi connectivity index (χ0) is 10.4. The molecule has 0 bridgehead atoms. The quantitative estimate of drug-likeness (QED) is 0.375. The van der Waals surface area contributed by atoms with E-state index in [1.165, 1.54) is 0 Å². The Kier molecular flexibility index (Phi) is 4.70. The zero-order valence-corrected chi connectivity index (χ0v) is 9.31. The van der Waals surface area contributed by atoms with Gasteiger partial charge in [-0.3, -0.25) is 0 Å². The second-order valence-corrected chi connectivity index (χ2v) is 3.35. The van der Waals surface area contributed by atoms with E-state index < -0.39 is 0 Å². The molecule has 1 heterocycles. The van der Waals surface area contributed by atoms with Crippen LogP contribution in [0.5, 0.6) is 0 Å². The molecule has 0 radical (unpaired) electrons. The number of halogens is 2. The molecule has 0 aliphatic carbocycles. The van der Waals surface area contributed by atoms with Gasteiger partial charge in [0.1, 0.15) is 11.0 Å². The van der Waals surface area contributed by atoms with Gasteiger partial charge in [0.2, 0.25) is 5.28 Å². The van der Waals surface area contributed by atoms with Gasteiger partial charge in [0.15, 0.2) is 0 Å². The van der Waals surface area contributed by atoms with Crippen LogP contribution >= 0.6 is 23.2 Å². The second kappa shape index (κ2) is 5.83. The molecule has 76 valence electrons. The van der Waals surface area contributed by atoms with E-state index in [2.05, 4.69) is 21.4 Å². The standard InChI is InChI=1S/C9H11Cl2N3/c1-2-3-4-5-12-8-6-7(10)13-9(11)14-8/h2-3,6H,4-5H2,1H3,(H,12,13,14)/b3-2+. The monoisotopic (exact) mass is 231 g/mol.